The van der Waals surface area contributed by atoms with Crippen LogP contribution in [0.1, 0.15) is 47.0 Å². The standard InChI is InChI=1S/C16H35N3/c1-6-10-17-13-16(14(3)4)18(5)15-8-11-19(7-2)12-9-15/h14-17H,6-13H2,1-5H3. The number of rotatable bonds is 8. The molecule has 1 aliphatic rings. The zero-order chi connectivity index (χ0) is 14.3. The summed E-state index contributed by atoms with van der Waals surface area (Å²) in [6.45, 7) is 15.3. The fraction of sp³-hybridized carbons (Fsp3) is 1.00. The summed E-state index contributed by atoms with van der Waals surface area (Å²) >= 11 is 0. The monoisotopic (exact) mass is 269 g/mol. The zero-order valence-electron chi connectivity index (χ0n) is 13.8. The average Bonchev–Trinajstić information content (AvgIpc) is 2.42. The van der Waals surface area contributed by atoms with Crippen LogP contribution in [0, 0.1) is 5.92 Å². The molecular weight excluding hydrogens is 234 g/mol. The average molecular weight is 269 g/mol. The van der Waals surface area contributed by atoms with Crippen LogP contribution >= 0.6 is 0 Å². The second-order valence-electron chi connectivity index (χ2n) is 6.35. The summed E-state index contributed by atoms with van der Waals surface area (Å²) in [4.78, 5) is 5.23. The Hall–Kier alpha value is -0.120. The van der Waals surface area contributed by atoms with Crippen LogP contribution in [0.2, 0.25) is 0 Å². The Morgan fingerprint density at radius 2 is 1.84 bits per heavy atom. The van der Waals surface area contributed by atoms with Crippen LogP contribution in [-0.2, 0) is 0 Å². The van der Waals surface area contributed by atoms with Crippen LogP contribution < -0.4 is 5.32 Å². The number of likely N-dealkylation sites (tertiary alicyclic amines) is 1. The van der Waals surface area contributed by atoms with Gasteiger partial charge in [0, 0.05) is 18.6 Å². The summed E-state index contributed by atoms with van der Waals surface area (Å²) in [5, 5.41) is 3.60. The summed E-state index contributed by atoms with van der Waals surface area (Å²) in [5.74, 6) is 0.721. The first kappa shape index (κ1) is 16.9. The SMILES string of the molecule is CCCNCC(C(C)C)N(C)C1CCN(CC)CC1. The predicted octanol–water partition coefficient (Wildman–Crippen LogP) is 2.43. The molecule has 0 amide bonds. The molecule has 1 N–H and O–H groups in total. The molecule has 3 heteroatoms. The van der Waals surface area contributed by atoms with Gasteiger partial charge in [-0.2, -0.15) is 0 Å². The van der Waals surface area contributed by atoms with E-state index in [0.29, 0.717) is 6.04 Å². The van der Waals surface area contributed by atoms with Crippen molar-refractivity contribution in [2.45, 2.75) is 59.0 Å². The van der Waals surface area contributed by atoms with E-state index >= 15 is 0 Å². The van der Waals surface area contributed by atoms with Crippen LogP contribution in [0.4, 0.5) is 0 Å². The van der Waals surface area contributed by atoms with Crippen molar-refractivity contribution in [2.24, 2.45) is 5.92 Å². The van der Waals surface area contributed by atoms with Crippen molar-refractivity contribution in [3.8, 4) is 0 Å². The largest absolute Gasteiger partial charge is 0.315 e. The van der Waals surface area contributed by atoms with Gasteiger partial charge in [-0.1, -0.05) is 27.7 Å². The van der Waals surface area contributed by atoms with E-state index in [4.69, 9.17) is 0 Å². The molecule has 1 atom stereocenters. The minimum absolute atomic E-state index is 0.671. The van der Waals surface area contributed by atoms with Gasteiger partial charge < -0.3 is 10.2 Å². The minimum atomic E-state index is 0.671. The fourth-order valence-electron chi connectivity index (χ4n) is 3.19. The molecule has 1 saturated heterocycles. The second-order valence-corrected chi connectivity index (χ2v) is 6.35. The van der Waals surface area contributed by atoms with E-state index in [-0.39, 0.29) is 0 Å². The zero-order valence-corrected chi connectivity index (χ0v) is 13.8. The Morgan fingerprint density at radius 3 is 2.32 bits per heavy atom. The number of nitrogens with one attached hydrogen (secondary N) is 1. The molecule has 0 saturated carbocycles. The van der Waals surface area contributed by atoms with Gasteiger partial charge in [0.05, 0.1) is 0 Å². The predicted molar refractivity (Wildman–Crippen MR) is 84.7 cm³/mol. The van der Waals surface area contributed by atoms with E-state index in [1.807, 2.05) is 0 Å². The maximum absolute atomic E-state index is 3.60. The van der Waals surface area contributed by atoms with Crippen molar-refractivity contribution < 1.29 is 0 Å². The van der Waals surface area contributed by atoms with Crippen molar-refractivity contribution in [1.29, 1.82) is 0 Å². The Kier molecular flexibility index (Phi) is 7.96. The smallest absolute Gasteiger partial charge is 0.0243 e. The van der Waals surface area contributed by atoms with E-state index in [0.717, 1.165) is 25.0 Å². The van der Waals surface area contributed by atoms with Crippen LogP contribution in [-0.4, -0.2) is 61.7 Å². The molecule has 0 aliphatic carbocycles. The highest BCUT2D eigenvalue weighted by molar-refractivity contribution is 4.84. The lowest BCUT2D eigenvalue weighted by atomic mass is 9.96. The van der Waals surface area contributed by atoms with Crippen LogP contribution in [0.5, 0.6) is 0 Å². The van der Waals surface area contributed by atoms with E-state index in [2.05, 4.69) is 49.9 Å². The van der Waals surface area contributed by atoms with Gasteiger partial charge in [0.1, 0.15) is 0 Å². The molecule has 1 unspecified atom stereocenters. The summed E-state index contributed by atoms with van der Waals surface area (Å²) in [7, 11) is 2.34. The highest BCUT2D eigenvalue weighted by Gasteiger charge is 2.27. The molecule has 19 heavy (non-hydrogen) atoms. The van der Waals surface area contributed by atoms with Gasteiger partial charge in [-0.25, -0.2) is 0 Å². The van der Waals surface area contributed by atoms with Gasteiger partial charge in [-0.05, 0) is 58.4 Å². The van der Waals surface area contributed by atoms with Crippen molar-refractivity contribution in [1.82, 2.24) is 15.1 Å². The molecule has 0 aromatic carbocycles. The van der Waals surface area contributed by atoms with Crippen molar-refractivity contribution >= 4 is 0 Å². The van der Waals surface area contributed by atoms with Gasteiger partial charge in [0.15, 0.2) is 0 Å². The number of piperidine rings is 1. The summed E-state index contributed by atoms with van der Waals surface area (Å²) in [6, 6.07) is 1.45. The molecule has 3 nitrogen and oxygen atoms in total. The van der Waals surface area contributed by atoms with Crippen LogP contribution in [0.25, 0.3) is 0 Å². The Labute approximate surface area is 120 Å². The van der Waals surface area contributed by atoms with E-state index < -0.39 is 0 Å². The molecular formula is C16H35N3. The first-order chi connectivity index (χ1) is 9.10. The lowest BCUT2D eigenvalue weighted by Crippen LogP contribution is -2.51. The molecule has 1 heterocycles. The third-order valence-corrected chi connectivity index (χ3v) is 4.65. The van der Waals surface area contributed by atoms with E-state index in [9.17, 15) is 0 Å². The van der Waals surface area contributed by atoms with Gasteiger partial charge in [0.2, 0.25) is 0 Å². The second kappa shape index (κ2) is 8.93. The Balaban J connectivity index is 2.44. The number of hydrogen-bond donors (Lipinski definition) is 1. The first-order valence-electron chi connectivity index (χ1n) is 8.25. The molecule has 0 bridgehead atoms. The van der Waals surface area contributed by atoms with Gasteiger partial charge >= 0.3 is 0 Å². The van der Waals surface area contributed by atoms with E-state index in [1.54, 1.807) is 0 Å². The normalized spacial score (nSPS) is 20.4. The van der Waals surface area contributed by atoms with Crippen molar-refractivity contribution in [2.75, 3.05) is 39.8 Å². The van der Waals surface area contributed by atoms with Crippen LogP contribution in [0.15, 0.2) is 0 Å². The number of nitrogens with zero attached hydrogens (tertiary/aromatic N) is 2. The molecule has 114 valence electrons. The molecule has 0 radical (unpaired) electrons. The Bertz CT molecular complexity index is 222. The van der Waals surface area contributed by atoms with E-state index in [1.165, 1.54) is 38.9 Å². The topological polar surface area (TPSA) is 18.5 Å². The summed E-state index contributed by atoms with van der Waals surface area (Å²) in [5.41, 5.74) is 0. The minimum Gasteiger partial charge on any atom is -0.315 e. The van der Waals surface area contributed by atoms with Gasteiger partial charge in [-0.3, -0.25) is 4.90 Å². The lowest BCUT2D eigenvalue weighted by molar-refractivity contribution is 0.0789. The molecule has 0 aromatic rings. The number of hydrogen-bond acceptors (Lipinski definition) is 3. The maximum atomic E-state index is 3.60. The molecule has 1 fully saturated rings. The molecule has 0 aromatic heterocycles. The maximum Gasteiger partial charge on any atom is 0.0243 e. The first-order valence-corrected chi connectivity index (χ1v) is 8.25. The quantitative estimate of drug-likeness (QED) is 0.683. The molecule has 0 spiro atoms. The molecule has 1 aliphatic heterocycles. The highest BCUT2D eigenvalue weighted by Crippen LogP contribution is 2.20. The van der Waals surface area contributed by atoms with Gasteiger partial charge in [0.25, 0.3) is 0 Å². The van der Waals surface area contributed by atoms with Gasteiger partial charge in [-0.15, -0.1) is 0 Å². The number of likely N-dealkylation sites (N-methyl/N-ethyl adjacent to an activating group) is 1. The lowest BCUT2D eigenvalue weighted by Gasteiger charge is -2.41. The van der Waals surface area contributed by atoms with Crippen LogP contribution in [0.3, 0.4) is 0 Å². The summed E-state index contributed by atoms with van der Waals surface area (Å²) in [6.07, 6.45) is 3.89. The Morgan fingerprint density at radius 1 is 1.21 bits per heavy atom. The third kappa shape index (κ3) is 5.41. The summed E-state index contributed by atoms with van der Waals surface area (Å²) < 4.78 is 0. The molecule has 1 rings (SSSR count). The van der Waals surface area contributed by atoms with Crippen molar-refractivity contribution in [3.05, 3.63) is 0 Å². The highest BCUT2D eigenvalue weighted by atomic mass is 15.2. The van der Waals surface area contributed by atoms with Crippen molar-refractivity contribution in [3.63, 3.8) is 0 Å². The third-order valence-electron chi connectivity index (χ3n) is 4.65. The fourth-order valence-corrected chi connectivity index (χ4v) is 3.19.